The van der Waals surface area contributed by atoms with E-state index in [-0.39, 0.29) is 5.82 Å². The fraction of sp³-hybridized carbons (Fsp3) is 0.538. The van der Waals surface area contributed by atoms with Crippen molar-refractivity contribution in [1.29, 1.82) is 0 Å². The summed E-state index contributed by atoms with van der Waals surface area (Å²) < 4.78 is 13.1. The van der Waals surface area contributed by atoms with Crippen LogP contribution in [0.2, 0.25) is 0 Å². The quantitative estimate of drug-likeness (QED) is 0.678. The summed E-state index contributed by atoms with van der Waals surface area (Å²) in [5, 5.41) is 0. The highest BCUT2D eigenvalue weighted by Crippen LogP contribution is 2.45. The van der Waals surface area contributed by atoms with Gasteiger partial charge in [-0.2, -0.15) is 0 Å². The van der Waals surface area contributed by atoms with E-state index in [0.29, 0.717) is 5.92 Å². The standard InChI is InChI=1S/C13H17F/c1-3-12(10-5-6-10)13-8-11(14)7-4-9(13)2/h4,7-8,10,12H,3,5-6H2,1-2H3. The fourth-order valence-electron chi connectivity index (χ4n) is 2.32. The summed E-state index contributed by atoms with van der Waals surface area (Å²) >= 11 is 0. The van der Waals surface area contributed by atoms with Gasteiger partial charge in [0.05, 0.1) is 0 Å². The Morgan fingerprint density at radius 2 is 2.14 bits per heavy atom. The summed E-state index contributed by atoms with van der Waals surface area (Å²) in [5.74, 6) is 1.32. The van der Waals surface area contributed by atoms with Gasteiger partial charge in [-0.3, -0.25) is 0 Å². The molecule has 0 bridgehead atoms. The molecule has 1 aliphatic carbocycles. The Kier molecular flexibility index (Phi) is 2.58. The average molecular weight is 192 g/mol. The molecule has 0 nitrogen and oxygen atoms in total. The van der Waals surface area contributed by atoms with Gasteiger partial charge in [0.2, 0.25) is 0 Å². The van der Waals surface area contributed by atoms with Gasteiger partial charge in [0.15, 0.2) is 0 Å². The monoisotopic (exact) mass is 192 g/mol. The SMILES string of the molecule is CCC(c1cc(F)ccc1C)C1CC1. The molecule has 1 aromatic rings. The summed E-state index contributed by atoms with van der Waals surface area (Å²) in [6.45, 7) is 4.28. The maximum absolute atomic E-state index is 13.1. The lowest BCUT2D eigenvalue weighted by atomic mass is 9.88. The van der Waals surface area contributed by atoms with Gasteiger partial charge in [0, 0.05) is 0 Å². The lowest BCUT2D eigenvalue weighted by Crippen LogP contribution is -2.02. The fourth-order valence-corrected chi connectivity index (χ4v) is 2.32. The molecule has 0 amide bonds. The second-order valence-corrected chi connectivity index (χ2v) is 4.35. The zero-order chi connectivity index (χ0) is 10.1. The van der Waals surface area contributed by atoms with E-state index in [1.165, 1.54) is 24.0 Å². The van der Waals surface area contributed by atoms with Crippen molar-refractivity contribution < 1.29 is 4.39 Å². The Balaban J connectivity index is 2.32. The van der Waals surface area contributed by atoms with E-state index in [1.807, 2.05) is 6.07 Å². The molecule has 1 unspecified atom stereocenters. The topological polar surface area (TPSA) is 0 Å². The molecular formula is C13H17F. The van der Waals surface area contributed by atoms with Gasteiger partial charge in [0.1, 0.15) is 5.82 Å². The molecule has 1 aliphatic rings. The highest BCUT2D eigenvalue weighted by molar-refractivity contribution is 5.31. The second-order valence-electron chi connectivity index (χ2n) is 4.35. The van der Waals surface area contributed by atoms with Crippen LogP contribution < -0.4 is 0 Å². The van der Waals surface area contributed by atoms with Gasteiger partial charge in [0.25, 0.3) is 0 Å². The van der Waals surface area contributed by atoms with Crippen molar-refractivity contribution in [3.63, 3.8) is 0 Å². The largest absolute Gasteiger partial charge is 0.207 e. The van der Waals surface area contributed by atoms with Crippen LogP contribution >= 0.6 is 0 Å². The van der Waals surface area contributed by atoms with Crippen LogP contribution in [-0.2, 0) is 0 Å². The smallest absolute Gasteiger partial charge is 0.123 e. The lowest BCUT2D eigenvalue weighted by molar-refractivity contribution is 0.570. The molecule has 1 aromatic carbocycles. The number of benzene rings is 1. The summed E-state index contributed by atoms with van der Waals surface area (Å²) in [5.41, 5.74) is 2.47. The molecule has 0 saturated heterocycles. The van der Waals surface area contributed by atoms with Crippen LogP contribution in [0.15, 0.2) is 18.2 Å². The van der Waals surface area contributed by atoms with Crippen LogP contribution in [0.3, 0.4) is 0 Å². The Labute approximate surface area is 85.1 Å². The van der Waals surface area contributed by atoms with E-state index >= 15 is 0 Å². The van der Waals surface area contributed by atoms with Crippen molar-refractivity contribution in [3.05, 3.63) is 35.1 Å². The Morgan fingerprint density at radius 1 is 1.43 bits per heavy atom. The van der Waals surface area contributed by atoms with E-state index < -0.39 is 0 Å². The molecule has 76 valence electrons. The van der Waals surface area contributed by atoms with Gasteiger partial charge < -0.3 is 0 Å². The van der Waals surface area contributed by atoms with Gasteiger partial charge in [-0.15, -0.1) is 0 Å². The third kappa shape index (κ3) is 1.82. The third-order valence-electron chi connectivity index (χ3n) is 3.27. The molecule has 1 atom stereocenters. The lowest BCUT2D eigenvalue weighted by Gasteiger charge is -2.16. The molecule has 14 heavy (non-hydrogen) atoms. The molecule has 1 heteroatoms. The molecule has 1 saturated carbocycles. The predicted octanol–water partition coefficient (Wildman–Crippen LogP) is 4.04. The van der Waals surface area contributed by atoms with Gasteiger partial charge in [-0.25, -0.2) is 4.39 Å². The van der Waals surface area contributed by atoms with Crippen LogP contribution in [0.25, 0.3) is 0 Å². The van der Waals surface area contributed by atoms with Crippen LogP contribution in [-0.4, -0.2) is 0 Å². The van der Waals surface area contributed by atoms with E-state index in [2.05, 4.69) is 13.8 Å². The van der Waals surface area contributed by atoms with Crippen molar-refractivity contribution in [2.24, 2.45) is 5.92 Å². The molecule has 0 aliphatic heterocycles. The number of hydrogen-bond acceptors (Lipinski definition) is 0. The maximum atomic E-state index is 13.1. The first-order valence-electron chi connectivity index (χ1n) is 5.48. The van der Waals surface area contributed by atoms with E-state index in [1.54, 1.807) is 12.1 Å². The Morgan fingerprint density at radius 3 is 2.71 bits per heavy atom. The average Bonchev–Trinajstić information content (AvgIpc) is 2.96. The van der Waals surface area contributed by atoms with Crippen molar-refractivity contribution in [1.82, 2.24) is 0 Å². The molecule has 2 rings (SSSR count). The van der Waals surface area contributed by atoms with E-state index in [0.717, 1.165) is 12.3 Å². The number of aryl methyl sites for hydroxylation is 1. The summed E-state index contributed by atoms with van der Waals surface area (Å²) in [7, 11) is 0. The summed E-state index contributed by atoms with van der Waals surface area (Å²) in [6, 6.07) is 5.18. The highest BCUT2D eigenvalue weighted by atomic mass is 19.1. The first kappa shape index (κ1) is 9.70. The van der Waals surface area contributed by atoms with E-state index in [4.69, 9.17) is 0 Å². The van der Waals surface area contributed by atoms with Crippen molar-refractivity contribution in [3.8, 4) is 0 Å². The maximum Gasteiger partial charge on any atom is 0.123 e. The van der Waals surface area contributed by atoms with Gasteiger partial charge >= 0.3 is 0 Å². The van der Waals surface area contributed by atoms with Crippen molar-refractivity contribution in [2.45, 2.75) is 39.0 Å². The predicted molar refractivity (Wildman–Crippen MR) is 56.9 cm³/mol. The summed E-state index contributed by atoms with van der Waals surface area (Å²) in [4.78, 5) is 0. The molecule has 0 spiro atoms. The Hall–Kier alpha value is -0.850. The van der Waals surface area contributed by atoms with E-state index in [9.17, 15) is 4.39 Å². The minimum atomic E-state index is -0.0929. The first-order chi connectivity index (χ1) is 6.72. The number of rotatable bonds is 3. The van der Waals surface area contributed by atoms with Crippen LogP contribution in [0.5, 0.6) is 0 Å². The van der Waals surface area contributed by atoms with Gasteiger partial charge in [-0.1, -0.05) is 13.0 Å². The van der Waals surface area contributed by atoms with Crippen LogP contribution in [0.4, 0.5) is 4.39 Å². The molecular weight excluding hydrogens is 175 g/mol. The minimum absolute atomic E-state index is 0.0929. The molecule has 0 heterocycles. The third-order valence-corrected chi connectivity index (χ3v) is 3.27. The van der Waals surface area contributed by atoms with Crippen molar-refractivity contribution >= 4 is 0 Å². The zero-order valence-electron chi connectivity index (χ0n) is 8.89. The first-order valence-corrected chi connectivity index (χ1v) is 5.48. The molecule has 0 aromatic heterocycles. The number of halogens is 1. The summed E-state index contributed by atoms with van der Waals surface area (Å²) in [6.07, 6.45) is 3.79. The normalized spacial score (nSPS) is 18.2. The second kappa shape index (κ2) is 3.72. The number of hydrogen-bond donors (Lipinski definition) is 0. The Bertz CT molecular complexity index is 326. The van der Waals surface area contributed by atoms with Crippen molar-refractivity contribution in [2.75, 3.05) is 0 Å². The zero-order valence-corrected chi connectivity index (χ0v) is 8.89. The van der Waals surface area contributed by atoms with Crippen LogP contribution in [0.1, 0.15) is 43.2 Å². The van der Waals surface area contributed by atoms with Gasteiger partial charge in [-0.05, 0) is 61.3 Å². The molecule has 0 N–H and O–H groups in total. The molecule has 1 fully saturated rings. The van der Waals surface area contributed by atoms with Crippen LogP contribution in [0, 0.1) is 18.7 Å². The minimum Gasteiger partial charge on any atom is -0.207 e. The highest BCUT2D eigenvalue weighted by Gasteiger charge is 2.31. The molecule has 0 radical (unpaired) electrons.